The minimum Gasteiger partial charge on any atom is -0.409 e. The number of rotatable bonds is 4. The van der Waals surface area contributed by atoms with E-state index in [1.807, 2.05) is 18.0 Å². The Labute approximate surface area is 116 Å². The Balaban J connectivity index is 2.19. The quantitative estimate of drug-likeness (QED) is 0.387. The van der Waals surface area contributed by atoms with Gasteiger partial charge < -0.3 is 15.8 Å². The second-order valence-electron chi connectivity index (χ2n) is 4.37. The number of anilines is 1. The van der Waals surface area contributed by atoms with Gasteiger partial charge in [-0.15, -0.1) is 0 Å². The molecule has 0 atom stereocenters. The number of aromatic nitrogens is 1. The van der Waals surface area contributed by atoms with Crippen molar-refractivity contribution in [1.82, 2.24) is 4.98 Å². The first-order chi connectivity index (χ1) is 9.60. The highest BCUT2D eigenvalue weighted by Gasteiger charge is 2.07. The fourth-order valence-electron chi connectivity index (χ4n) is 1.85. The van der Waals surface area contributed by atoms with Crippen molar-refractivity contribution in [2.45, 2.75) is 6.54 Å². The minimum absolute atomic E-state index is 0.0500. The van der Waals surface area contributed by atoms with Crippen molar-refractivity contribution in [2.75, 3.05) is 11.9 Å². The lowest BCUT2D eigenvalue weighted by molar-refractivity contribution is 0.318. The maximum atomic E-state index is 13.1. The third kappa shape index (κ3) is 3.23. The van der Waals surface area contributed by atoms with Crippen molar-refractivity contribution in [3.05, 3.63) is 59.7 Å². The number of nitrogens with two attached hydrogens (primary N) is 1. The molecule has 3 N–H and O–H groups in total. The lowest BCUT2D eigenvalue weighted by atomic mass is 10.2. The molecular weight excluding hydrogens is 259 g/mol. The molecule has 0 fully saturated rings. The second kappa shape index (κ2) is 6.01. The molecule has 20 heavy (non-hydrogen) atoms. The molecule has 1 aromatic carbocycles. The summed E-state index contributed by atoms with van der Waals surface area (Å²) in [6.45, 7) is 0.539. The highest BCUT2D eigenvalue weighted by atomic mass is 19.1. The van der Waals surface area contributed by atoms with Crippen molar-refractivity contribution >= 4 is 11.5 Å². The number of oxime groups is 1. The maximum absolute atomic E-state index is 13.1. The van der Waals surface area contributed by atoms with Gasteiger partial charge in [0.15, 0.2) is 5.84 Å². The summed E-state index contributed by atoms with van der Waals surface area (Å²) < 4.78 is 13.1. The molecule has 0 amide bonds. The molecular formula is C14H15FN4O. The molecule has 1 aromatic heterocycles. The zero-order chi connectivity index (χ0) is 14.5. The van der Waals surface area contributed by atoms with Crippen molar-refractivity contribution in [3.8, 4) is 0 Å². The molecule has 0 spiro atoms. The summed E-state index contributed by atoms with van der Waals surface area (Å²) in [4.78, 5) is 5.93. The lowest BCUT2D eigenvalue weighted by Gasteiger charge is -2.19. The Bertz CT molecular complexity index is 630. The first-order valence-corrected chi connectivity index (χ1v) is 5.99. The van der Waals surface area contributed by atoms with E-state index in [-0.39, 0.29) is 11.7 Å². The van der Waals surface area contributed by atoms with Crippen LogP contribution in [-0.4, -0.2) is 23.1 Å². The number of benzene rings is 1. The van der Waals surface area contributed by atoms with Gasteiger partial charge in [0, 0.05) is 25.5 Å². The summed E-state index contributed by atoms with van der Waals surface area (Å²) >= 11 is 0. The van der Waals surface area contributed by atoms with Gasteiger partial charge in [0.2, 0.25) is 0 Å². The van der Waals surface area contributed by atoms with Crippen LogP contribution in [0, 0.1) is 5.82 Å². The number of amidine groups is 1. The van der Waals surface area contributed by atoms with Crippen LogP contribution in [0.1, 0.15) is 11.3 Å². The number of pyridine rings is 1. The summed E-state index contributed by atoms with van der Waals surface area (Å²) in [5.41, 5.74) is 7.59. The lowest BCUT2D eigenvalue weighted by Crippen LogP contribution is -2.19. The topological polar surface area (TPSA) is 74.7 Å². The number of halogens is 1. The van der Waals surface area contributed by atoms with Crippen LogP contribution >= 0.6 is 0 Å². The molecule has 2 aromatic rings. The van der Waals surface area contributed by atoms with Gasteiger partial charge in [-0.3, -0.25) is 4.98 Å². The third-order valence-electron chi connectivity index (χ3n) is 2.86. The van der Waals surface area contributed by atoms with E-state index in [1.54, 1.807) is 24.4 Å². The molecule has 0 radical (unpaired) electrons. The van der Waals surface area contributed by atoms with Crippen LogP contribution in [0.15, 0.2) is 47.8 Å². The first-order valence-electron chi connectivity index (χ1n) is 5.99. The van der Waals surface area contributed by atoms with Gasteiger partial charge in [-0.05, 0) is 29.8 Å². The van der Waals surface area contributed by atoms with Crippen molar-refractivity contribution in [3.63, 3.8) is 0 Å². The van der Waals surface area contributed by atoms with Gasteiger partial charge >= 0.3 is 0 Å². The van der Waals surface area contributed by atoms with Gasteiger partial charge in [-0.25, -0.2) is 4.39 Å². The summed E-state index contributed by atoms with van der Waals surface area (Å²) in [6.07, 6.45) is 1.57. The Kier molecular flexibility index (Phi) is 4.14. The van der Waals surface area contributed by atoms with Crippen LogP contribution in [-0.2, 0) is 6.54 Å². The summed E-state index contributed by atoms with van der Waals surface area (Å²) in [6, 6.07) is 9.93. The molecule has 0 bridgehead atoms. The van der Waals surface area contributed by atoms with E-state index in [4.69, 9.17) is 10.9 Å². The van der Waals surface area contributed by atoms with Gasteiger partial charge in [-0.2, -0.15) is 0 Å². The van der Waals surface area contributed by atoms with Gasteiger partial charge in [0.1, 0.15) is 11.5 Å². The number of hydrogen-bond donors (Lipinski definition) is 2. The Morgan fingerprint density at radius 1 is 1.40 bits per heavy atom. The van der Waals surface area contributed by atoms with Crippen LogP contribution in [0.25, 0.3) is 0 Å². The van der Waals surface area contributed by atoms with Crippen LogP contribution < -0.4 is 10.6 Å². The molecule has 2 rings (SSSR count). The first kappa shape index (κ1) is 13.8. The fourth-order valence-corrected chi connectivity index (χ4v) is 1.85. The van der Waals surface area contributed by atoms with Crippen LogP contribution in [0.4, 0.5) is 10.1 Å². The maximum Gasteiger partial charge on any atom is 0.188 e. The predicted octanol–water partition coefficient (Wildman–Crippen LogP) is 1.95. The standard InChI is InChI=1S/C14H15FN4O/c1-19(9-10-3-2-4-11(15)7-10)12-5-6-17-13(8-12)14(16)18-20/h2-8,20H,9H2,1H3,(H2,16,18). The van der Waals surface area contributed by atoms with Gasteiger partial charge in [-0.1, -0.05) is 17.3 Å². The average Bonchev–Trinajstić information content (AvgIpc) is 2.46. The van der Waals surface area contributed by atoms with Crippen molar-refractivity contribution < 1.29 is 9.60 Å². The van der Waals surface area contributed by atoms with Gasteiger partial charge in [0.25, 0.3) is 0 Å². The summed E-state index contributed by atoms with van der Waals surface area (Å²) in [7, 11) is 1.87. The highest BCUT2D eigenvalue weighted by molar-refractivity contribution is 5.95. The largest absolute Gasteiger partial charge is 0.409 e. The molecule has 5 nitrogen and oxygen atoms in total. The minimum atomic E-state index is -0.261. The van der Waals surface area contributed by atoms with E-state index >= 15 is 0 Å². The zero-order valence-electron chi connectivity index (χ0n) is 11.0. The number of nitrogens with zero attached hydrogens (tertiary/aromatic N) is 3. The average molecular weight is 274 g/mol. The van der Waals surface area contributed by atoms with Crippen LogP contribution in [0.3, 0.4) is 0 Å². The van der Waals surface area contributed by atoms with E-state index in [0.717, 1.165) is 11.3 Å². The third-order valence-corrected chi connectivity index (χ3v) is 2.86. The molecule has 6 heteroatoms. The second-order valence-corrected chi connectivity index (χ2v) is 4.37. The smallest absolute Gasteiger partial charge is 0.188 e. The molecule has 0 unspecified atom stereocenters. The van der Waals surface area contributed by atoms with E-state index < -0.39 is 0 Å². The normalized spacial score (nSPS) is 11.4. The molecule has 104 valence electrons. The predicted molar refractivity (Wildman–Crippen MR) is 75.3 cm³/mol. The van der Waals surface area contributed by atoms with Crippen molar-refractivity contribution in [2.24, 2.45) is 10.9 Å². The van der Waals surface area contributed by atoms with Gasteiger partial charge in [0.05, 0.1) is 0 Å². The van der Waals surface area contributed by atoms with E-state index in [1.165, 1.54) is 12.1 Å². The summed E-state index contributed by atoms with van der Waals surface area (Å²) in [5.74, 6) is -0.311. The molecule has 0 aliphatic carbocycles. The monoisotopic (exact) mass is 274 g/mol. The van der Waals surface area contributed by atoms with Crippen LogP contribution in [0.5, 0.6) is 0 Å². The van der Waals surface area contributed by atoms with Crippen LogP contribution in [0.2, 0.25) is 0 Å². The van der Waals surface area contributed by atoms with E-state index in [9.17, 15) is 4.39 Å². The Hall–Kier alpha value is -2.63. The SMILES string of the molecule is CN(Cc1cccc(F)c1)c1ccnc(C(N)=NO)c1. The van der Waals surface area contributed by atoms with E-state index in [2.05, 4.69) is 10.1 Å². The molecule has 0 saturated carbocycles. The molecule has 0 aliphatic heterocycles. The molecule has 1 heterocycles. The fraction of sp³-hybridized carbons (Fsp3) is 0.143. The molecule has 0 aliphatic rings. The Morgan fingerprint density at radius 3 is 2.90 bits per heavy atom. The van der Waals surface area contributed by atoms with Crippen molar-refractivity contribution in [1.29, 1.82) is 0 Å². The zero-order valence-corrected chi connectivity index (χ0v) is 11.0. The van der Waals surface area contributed by atoms with E-state index in [0.29, 0.717) is 12.2 Å². The Morgan fingerprint density at radius 2 is 2.20 bits per heavy atom. The molecule has 0 saturated heterocycles. The summed E-state index contributed by atoms with van der Waals surface area (Å²) in [5, 5.41) is 11.6. The number of hydrogen-bond acceptors (Lipinski definition) is 4. The highest BCUT2D eigenvalue weighted by Crippen LogP contribution is 2.16.